The zero-order valence-electron chi connectivity index (χ0n) is 7.11. The number of imidazole rings is 1. The first-order chi connectivity index (χ1) is 6.25. The standard InChI is InChI=1S/C9H8ClN3/c1-13-5-8(12-6-13)7-2-3-9(10)11-4-7/h2-6H,1H3. The van der Waals surface area contributed by atoms with Crippen LogP contribution in [-0.4, -0.2) is 14.5 Å². The smallest absolute Gasteiger partial charge is 0.129 e. The van der Waals surface area contributed by atoms with Gasteiger partial charge in [-0.05, 0) is 12.1 Å². The zero-order valence-corrected chi connectivity index (χ0v) is 7.86. The molecule has 2 aromatic rings. The van der Waals surface area contributed by atoms with Gasteiger partial charge in [-0.25, -0.2) is 9.97 Å². The molecule has 3 nitrogen and oxygen atoms in total. The number of pyridine rings is 1. The molecule has 2 aromatic heterocycles. The van der Waals surface area contributed by atoms with Crippen LogP contribution in [0.2, 0.25) is 5.15 Å². The number of aryl methyl sites for hydroxylation is 1. The van der Waals surface area contributed by atoms with E-state index in [-0.39, 0.29) is 0 Å². The lowest BCUT2D eigenvalue weighted by Gasteiger charge is -1.94. The van der Waals surface area contributed by atoms with Gasteiger partial charge in [0.25, 0.3) is 0 Å². The summed E-state index contributed by atoms with van der Waals surface area (Å²) < 4.78 is 1.89. The minimum atomic E-state index is 0.500. The summed E-state index contributed by atoms with van der Waals surface area (Å²) in [6, 6.07) is 3.66. The highest BCUT2D eigenvalue weighted by Crippen LogP contribution is 2.16. The normalized spacial score (nSPS) is 10.3. The second kappa shape index (κ2) is 3.18. The minimum Gasteiger partial charge on any atom is -0.340 e. The molecule has 0 aliphatic rings. The van der Waals surface area contributed by atoms with Crippen LogP contribution in [0.5, 0.6) is 0 Å². The van der Waals surface area contributed by atoms with Crippen LogP contribution in [0.3, 0.4) is 0 Å². The number of aromatic nitrogens is 3. The Kier molecular flexibility index (Phi) is 2.02. The van der Waals surface area contributed by atoms with Crippen molar-refractivity contribution in [3.63, 3.8) is 0 Å². The lowest BCUT2D eigenvalue weighted by atomic mass is 10.2. The molecule has 4 heteroatoms. The number of hydrogen-bond acceptors (Lipinski definition) is 2. The van der Waals surface area contributed by atoms with Crippen molar-refractivity contribution in [2.24, 2.45) is 7.05 Å². The summed E-state index contributed by atoms with van der Waals surface area (Å²) in [6.45, 7) is 0. The topological polar surface area (TPSA) is 30.7 Å². The zero-order chi connectivity index (χ0) is 9.26. The average molecular weight is 194 g/mol. The Balaban J connectivity index is 2.41. The first-order valence-corrected chi connectivity index (χ1v) is 4.23. The van der Waals surface area contributed by atoms with Gasteiger partial charge in [-0.1, -0.05) is 11.6 Å². The molecule has 0 aliphatic heterocycles. The van der Waals surface area contributed by atoms with Crippen molar-refractivity contribution in [1.82, 2.24) is 14.5 Å². The van der Waals surface area contributed by atoms with E-state index in [2.05, 4.69) is 9.97 Å². The van der Waals surface area contributed by atoms with E-state index in [0.717, 1.165) is 11.3 Å². The fourth-order valence-corrected chi connectivity index (χ4v) is 1.20. The number of hydrogen-bond donors (Lipinski definition) is 0. The van der Waals surface area contributed by atoms with Crippen LogP contribution >= 0.6 is 11.6 Å². The van der Waals surface area contributed by atoms with Gasteiger partial charge in [0, 0.05) is 25.0 Å². The van der Waals surface area contributed by atoms with E-state index in [4.69, 9.17) is 11.6 Å². The van der Waals surface area contributed by atoms with E-state index >= 15 is 0 Å². The van der Waals surface area contributed by atoms with Crippen LogP contribution in [0, 0.1) is 0 Å². The highest BCUT2D eigenvalue weighted by atomic mass is 35.5. The second-order valence-corrected chi connectivity index (χ2v) is 3.18. The van der Waals surface area contributed by atoms with Gasteiger partial charge in [-0.3, -0.25) is 0 Å². The van der Waals surface area contributed by atoms with Crippen LogP contribution in [0.15, 0.2) is 30.9 Å². The third kappa shape index (κ3) is 1.70. The second-order valence-electron chi connectivity index (χ2n) is 2.79. The molecule has 2 rings (SSSR count). The predicted molar refractivity (Wildman–Crippen MR) is 51.4 cm³/mol. The Bertz CT molecular complexity index is 405. The van der Waals surface area contributed by atoms with Crippen molar-refractivity contribution >= 4 is 11.6 Å². The Morgan fingerprint density at radius 3 is 2.69 bits per heavy atom. The van der Waals surface area contributed by atoms with Gasteiger partial charge in [0.2, 0.25) is 0 Å². The maximum atomic E-state index is 5.67. The molecule has 0 aliphatic carbocycles. The van der Waals surface area contributed by atoms with Crippen molar-refractivity contribution in [3.8, 4) is 11.3 Å². The molecule has 0 unspecified atom stereocenters. The van der Waals surface area contributed by atoms with Crippen LogP contribution in [0.1, 0.15) is 0 Å². The fraction of sp³-hybridized carbons (Fsp3) is 0.111. The third-order valence-electron chi connectivity index (χ3n) is 1.73. The molecule has 13 heavy (non-hydrogen) atoms. The number of halogens is 1. The molecule has 0 atom stereocenters. The molecule has 66 valence electrons. The summed E-state index contributed by atoms with van der Waals surface area (Å²) in [5.74, 6) is 0. The monoisotopic (exact) mass is 193 g/mol. The quantitative estimate of drug-likeness (QED) is 0.650. The van der Waals surface area contributed by atoms with Gasteiger partial charge in [0.1, 0.15) is 5.15 Å². The Morgan fingerprint density at radius 1 is 1.31 bits per heavy atom. The molecule has 0 saturated heterocycles. The molecular formula is C9H8ClN3. The molecule has 0 fully saturated rings. The van der Waals surface area contributed by atoms with Gasteiger partial charge in [0.05, 0.1) is 12.0 Å². The summed E-state index contributed by atoms with van der Waals surface area (Å²) in [6.07, 6.45) is 5.40. The first-order valence-electron chi connectivity index (χ1n) is 3.85. The van der Waals surface area contributed by atoms with E-state index in [9.17, 15) is 0 Å². The number of rotatable bonds is 1. The summed E-state index contributed by atoms with van der Waals surface area (Å²) >= 11 is 5.67. The van der Waals surface area contributed by atoms with Crippen molar-refractivity contribution in [1.29, 1.82) is 0 Å². The van der Waals surface area contributed by atoms with E-state index in [1.54, 1.807) is 18.6 Å². The third-order valence-corrected chi connectivity index (χ3v) is 1.95. The van der Waals surface area contributed by atoms with Crippen LogP contribution in [0.4, 0.5) is 0 Å². The highest BCUT2D eigenvalue weighted by Gasteiger charge is 2.00. The van der Waals surface area contributed by atoms with E-state index < -0.39 is 0 Å². The lowest BCUT2D eigenvalue weighted by molar-refractivity contribution is 0.913. The summed E-state index contributed by atoms with van der Waals surface area (Å²) in [7, 11) is 1.93. The van der Waals surface area contributed by atoms with Gasteiger partial charge in [-0.2, -0.15) is 0 Å². The predicted octanol–water partition coefficient (Wildman–Crippen LogP) is 2.14. The molecule has 0 bridgehead atoms. The first kappa shape index (κ1) is 8.26. The van der Waals surface area contributed by atoms with Gasteiger partial charge in [0.15, 0.2) is 0 Å². The Labute approximate surface area is 81.0 Å². The van der Waals surface area contributed by atoms with Crippen molar-refractivity contribution in [3.05, 3.63) is 36.0 Å². The molecule has 0 N–H and O–H groups in total. The number of nitrogens with zero attached hydrogens (tertiary/aromatic N) is 3. The van der Waals surface area contributed by atoms with Crippen molar-refractivity contribution in [2.45, 2.75) is 0 Å². The molecule has 0 aromatic carbocycles. The SMILES string of the molecule is Cn1cnc(-c2ccc(Cl)nc2)c1. The molecule has 0 spiro atoms. The molecule has 0 radical (unpaired) electrons. The van der Waals surface area contributed by atoms with Crippen molar-refractivity contribution in [2.75, 3.05) is 0 Å². The average Bonchev–Trinajstić information content (AvgIpc) is 2.53. The van der Waals surface area contributed by atoms with Gasteiger partial charge >= 0.3 is 0 Å². The fourth-order valence-electron chi connectivity index (χ4n) is 1.09. The highest BCUT2D eigenvalue weighted by molar-refractivity contribution is 6.29. The van der Waals surface area contributed by atoms with Crippen LogP contribution in [0.25, 0.3) is 11.3 Å². The summed E-state index contributed by atoms with van der Waals surface area (Å²) in [4.78, 5) is 8.18. The van der Waals surface area contributed by atoms with Crippen LogP contribution in [-0.2, 0) is 7.05 Å². The molecular weight excluding hydrogens is 186 g/mol. The molecule has 0 amide bonds. The van der Waals surface area contributed by atoms with Crippen LogP contribution < -0.4 is 0 Å². The molecule has 2 heterocycles. The molecule has 0 saturated carbocycles. The lowest BCUT2D eigenvalue weighted by Crippen LogP contribution is -1.80. The Morgan fingerprint density at radius 2 is 2.15 bits per heavy atom. The van der Waals surface area contributed by atoms with Gasteiger partial charge in [-0.15, -0.1) is 0 Å². The summed E-state index contributed by atoms with van der Waals surface area (Å²) in [5, 5.41) is 0.500. The maximum absolute atomic E-state index is 5.67. The van der Waals surface area contributed by atoms with E-state index in [1.165, 1.54) is 0 Å². The van der Waals surface area contributed by atoms with E-state index in [0.29, 0.717) is 5.15 Å². The maximum Gasteiger partial charge on any atom is 0.129 e. The largest absolute Gasteiger partial charge is 0.340 e. The van der Waals surface area contributed by atoms with Gasteiger partial charge < -0.3 is 4.57 Å². The summed E-state index contributed by atoms with van der Waals surface area (Å²) in [5.41, 5.74) is 1.89. The Hall–Kier alpha value is -1.35. The van der Waals surface area contributed by atoms with Crippen molar-refractivity contribution < 1.29 is 0 Å². The van der Waals surface area contributed by atoms with E-state index in [1.807, 2.05) is 23.9 Å². The minimum absolute atomic E-state index is 0.500.